The zero-order chi connectivity index (χ0) is 11.4. The van der Waals surface area contributed by atoms with Gasteiger partial charge in [-0.2, -0.15) is 0 Å². The largest absolute Gasteiger partial charge is 0.423 e. The molecule has 0 aromatic carbocycles. The molecule has 0 aliphatic heterocycles. The van der Waals surface area contributed by atoms with Gasteiger partial charge in [-0.15, -0.1) is 0 Å². The van der Waals surface area contributed by atoms with Crippen LogP contribution in [0.4, 0.5) is 0 Å². The van der Waals surface area contributed by atoms with Gasteiger partial charge in [0.1, 0.15) is 0 Å². The Morgan fingerprint density at radius 3 is 1.50 bits per heavy atom. The normalized spacial score (nSPS) is 13.3. The maximum Gasteiger partial charge on any atom is 0.423 e. The summed E-state index contributed by atoms with van der Waals surface area (Å²) in [5.41, 5.74) is 0. The highest BCUT2D eigenvalue weighted by Gasteiger charge is 2.36. The summed E-state index contributed by atoms with van der Waals surface area (Å²) in [4.78, 5) is 0. The van der Waals surface area contributed by atoms with Crippen molar-refractivity contribution in [1.29, 1.82) is 0 Å². The number of hydrogen-bond donors (Lipinski definition) is 1. The van der Waals surface area contributed by atoms with Crippen molar-refractivity contribution in [2.75, 3.05) is 0 Å². The standard InChI is InChI=1S/C10H25NO2Si/c1-8(2)7-14(11,12-9(3)4)13-10(5)6/h8-10H,7,11H2,1-6H3. The highest BCUT2D eigenvalue weighted by molar-refractivity contribution is 6.64. The van der Waals surface area contributed by atoms with Crippen molar-refractivity contribution in [3.8, 4) is 0 Å². The second-order valence-electron chi connectivity index (χ2n) is 4.74. The van der Waals surface area contributed by atoms with E-state index in [0.717, 1.165) is 6.04 Å². The maximum atomic E-state index is 6.20. The third-order valence-electron chi connectivity index (χ3n) is 1.56. The molecule has 3 nitrogen and oxygen atoms in total. The second kappa shape index (κ2) is 5.85. The van der Waals surface area contributed by atoms with E-state index in [1.165, 1.54) is 0 Å². The Hall–Kier alpha value is 0.0969. The lowest BCUT2D eigenvalue weighted by atomic mass is 10.3. The topological polar surface area (TPSA) is 44.5 Å². The predicted octanol–water partition coefficient (Wildman–Crippen LogP) is 2.39. The first kappa shape index (κ1) is 14.1. The van der Waals surface area contributed by atoms with Gasteiger partial charge in [0.2, 0.25) is 0 Å². The number of hydrogen-bond acceptors (Lipinski definition) is 3. The molecule has 0 spiro atoms. The van der Waals surface area contributed by atoms with Gasteiger partial charge in [-0.25, -0.2) is 0 Å². The molecule has 2 N–H and O–H groups in total. The predicted molar refractivity (Wildman–Crippen MR) is 62.0 cm³/mol. The fraction of sp³-hybridized carbons (Fsp3) is 1.00. The maximum absolute atomic E-state index is 6.20. The van der Waals surface area contributed by atoms with Crippen molar-refractivity contribution in [2.45, 2.75) is 59.8 Å². The van der Waals surface area contributed by atoms with Gasteiger partial charge in [0.15, 0.2) is 0 Å². The Balaban J connectivity index is 4.32. The van der Waals surface area contributed by atoms with Crippen LogP contribution in [0, 0.1) is 5.92 Å². The molecule has 0 rings (SSSR count). The van der Waals surface area contributed by atoms with Crippen molar-refractivity contribution < 1.29 is 8.85 Å². The Labute approximate surface area is 89.3 Å². The first-order valence-electron chi connectivity index (χ1n) is 5.39. The Morgan fingerprint density at radius 2 is 1.29 bits per heavy atom. The molecule has 0 saturated carbocycles. The minimum absolute atomic E-state index is 0.143. The van der Waals surface area contributed by atoms with Crippen molar-refractivity contribution in [2.24, 2.45) is 11.3 Å². The number of nitrogens with two attached hydrogens (primary N) is 1. The van der Waals surface area contributed by atoms with Crippen LogP contribution in [0.5, 0.6) is 0 Å². The second-order valence-corrected chi connectivity index (χ2v) is 7.25. The zero-order valence-electron chi connectivity index (χ0n) is 10.3. The molecular formula is C10H25NO2Si. The highest BCUT2D eigenvalue weighted by Crippen LogP contribution is 2.17. The van der Waals surface area contributed by atoms with E-state index in [2.05, 4.69) is 13.8 Å². The van der Waals surface area contributed by atoms with Crippen LogP contribution in [0.25, 0.3) is 0 Å². The lowest BCUT2D eigenvalue weighted by Gasteiger charge is -2.31. The average Bonchev–Trinajstić information content (AvgIpc) is 1.76. The van der Waals surface area contributed by atoms with Crippen LogP contribution < -0.4 is 5.40 Å². The zero-order valence-corrected chi connectivity index (χ0v) is 11.3. The van der Waals surface area contributed by atoms with E-state index in [4.69, 9.17) is 14.3 Å². The monoisotopic (exact) mass is 219 g/mol. The summed E-state index contributed by atoms with van der Waals surface area (Å²) >= 11 is 0. The molecule has 0 aliphatic carbocycles. The summed E-state index contributed by atoms with van der Waals surface area (Å²) in [6.45, 7) is 12.3. The number of rotatable bonds is 6. The van der Waals surface area contributed by atoms with E-state index < -0.39 is 8.72 Å². The van der Waals surface area contributed by atoms with E-state index in [-0.39, 0.29) is 12.2 Å². The molecule has 4 heteroatoms. The molecule has 0 bridgehead atoms. The first-order chi connectivity index (χ1) is 6.25. The molecule has 0 aromatic rings. The van der Waals surface area contributed by atoms with Gasteiger partial charge in [0, 0.05) is 18.3 Å². The van der Waals surface area contributed by atoms with Crippen molar-refractivity contribution in [3.05, 3.63) is 0 Å². The first-order valence-corrected chi connectivity index (χ1v) is 7.50. The van der Waals surface area contributed by atoms with Crippen LogP contribution in [0.15, 0.2) is 0 Å². The average molecular weight is 219 g/mol. The van der Waals surface area contributed by atoms with Gasteiger partial charge in [-0.3, -0.25) is 0 Å². The fourth-order valence-corrected chi connectivity index (χ4v) is 4.47. The molecule has 0 atom stereocenters. The van der Waals surface area contributed by atoms with Crippen molar-refractivity contribution in [1.82, 2.24) is 0 Å². The van der Waals surface area contributed by atoms with Gasteiger partial charge < -0.3 is 14.3 Å². The van der Waals surface area contributed by atoms with E-state index in [9.17, 15) is 0 Å². The van der Waals surface area contributed by atoms with E-state index in [1.807, 2.05) is 27.7 Å². The molecular weight excluding hydrogens is 194 g/mol. The molecule has 86 valence electrons. The SMILES string of the molecule is CC(C)C[Si](N)(OC(C)C)OC(C)C. The molecule has 0 heterocycles. The minimum Gasteiger partial charge on any atom is -0.380 e. The molecule has 0 saturated heterocycles. The van der Waals surface area contributed by atoms with Crippen LogP contribution >= 0.6 is 0 Å². The van der Waals surface area contributed by atoms with E-state index >= 15 is 0 Å². The molecule has 0 radical (unpaired) electrons. The molecule has 0 aliphatic rings. The van der Waals surface area contributed by atoms with Crippen molar-refractivity contribution >= 4 is 8.72 Å². The smallest absolute Gasteiger partial charge is 0.380 e. The molecule has 0 aromatic heterocycles. The van der Waals surface area contributed by atoms with E-state index in [1.54, 1.807) is 0 Å². The van der Waals surface area contributed by atoms with Gasteiger partial charge >= 0.3 is 8.72 Å². The summed E-state index contributed by atoms with van der Waals surface area (Å²) in [6, 6.07) is 0.851. The fourth-order valence-electron chi connectivity index (χ4n) is 1.49. The van der Waals surface area contributed by atoms with Crippen LogP contribution in [-0.2, 0) is 8.85 Å². The van der Waals surface area contributed by atoms with Crippen LogP contribution in [0.3, 0.4) is 0 Å². The molecule has 14 heavy (non-hydrogen) atoms. The molecule has 0 unspecified atom stereocenters. The van der Waals surface area contributed by atoms with Crippen LogP contribution in [-0.4, -0.2) is 20.9 Å². The molecule has 0 fully saturated rings. The van der Waals surface area contributed by atoms with Gasteiger partial charge in [-0.05, 0) is 33.6 Å². The van der Waals surface area contributed by atoms with Crippen molar-refractivity contribution in [3.63, 3.8) is 0 Å². The van der Waals surface area contributed by atoms with Gasteiger partial charge in [-0.1, -0.05) is 13.8 Å². The van der Waals surface area contributed by atoms with Gasteiger partial charge in [0.05, 0.1) is 0 Å². The van der Waals surface area contributed by atoms with Crippen LogP contribution in [0.2, 0.25) is 6.04 Å². The lowest BCUT2D eigenvalue weighted by molar-refractivity contribution is 0.102. The quantitative estimate of drug-likeness (QED) is 0.698. The Morgan fingerprint density at radius 1 is 0.929 bits per heavy atom. The minimum atomic E-state index is -2.44. The van der Waals surface area contributed by atoms with E-state index in [0.29, 0.717) is 5.92 Å². The third-order valence-corrected chi connectivity index (χ3v) is 4.69. The Kier molecular flexibility index (Phi) is 5.89. The summed E-state index contributed by atoms with van der Waals surface area (Å²) in [5.74, 6) is 0.518. The summed E-state index contributed by atoms with van der Waals surface area (Å²) in [6.07, 6.45) is 0.285. The highest BCUT2D eigenvalue weighted by atomic mass is 28.4. The summed E-state index contributed by atoms with van der Waals surface area (Å²) in [7, 11) is -2.44. The Bertz CT molecular complexity index is 134. The summed E-state index contributed by atoms with van der Waals surface area (Å²) in [5, 5.41) is 6.20. The summed E-state index contributed by atoms with van der Waals surface area (Å²) < 4.78 is 11.5. The lowest BCUT2D eigenvalue weighted by Crippen LogP contribution is -2.55. The van der Waals surface area contributed by atoms with Crippen LogP contribution in [0.1, 0.15) is 41.5 Å². The third kappa shape index (κ3) is 6.54. The molecule has 0 amide bonds. The van der Waals surface area contributed by atoms with Gasteiger partial charge in [0.25, 0.3) is 0 Å².